The monoisotopic (exact) mass is 309 g/mol. The fraction of sp³-hybridized carbons (Fsp3) is 0.267. The van der Waals surface area contributed by atoms with Crippen molar-refractivity contribution < 1.29 is 9.90 Å². The molecule has 1 aromatic carbocycles. The number of anilines is 1. The molecule has 0 amide bonds. The van der Waals surface area contributed by atoms with Gasteiger partial charge in [0.25, 0.3) is 0 Å². The Labute approximate surface area is 127 Å². The Morgan fingerprint density at radius 1 is 1.35 bits per heavy atom. The van der Waals surface area contributed by atoms with E-state index in [0.29, 0.717) is 5.02 Å². The molecule has 0 saturated heterocycles. The van der Waals surface area contributed by atoms with Crippen molar-refractivity contribution in [2.75, 3.05) is 11.4 Å². The molecule has 1 N–H and O–H groups in total. The van der Waals surface area contributed by atoms with E-state index in [1.807, 2.05) is 36.3 Å². The molecule has 0 saturated carbocycles. The van der Waals surface area contributed by atoms with Gasteiger partial charge in [-0.05, 0) is 55.1 Å². The van der Waals surface area contributed by atoms with Crippen molar-refractivity contribution in [3.63, 3.8) is 0 Å². The van der Waals surface area contributed by atoms with Gasteiger partial charge < -0.3 is 10.0 Å². The van der Waals surface area contributed by atoms with Gasteiger partial charge in [-0.1, -0.05) is 11.6 Å². The summed E-state index contributed by atoms with van der Waals surface area (Å²) < 4.78 is 0. The molecule has 0 bridgehead atoms. The lowest BCUT2D eigenvalue weighted by Crippen LogP contribution is -2.32. The molecule has 0 aliphatic carbocycles. The minimum Gasteiger partial charge on any atom is -0.480 e. The van der Waals surface area contributed by atoms with E-state index in [2.05, 4.69) is 6.07 Å². The Hall–Kier alpha value is -1.52. The van der Waals surface area contributed by atoms with Gasteiger partial charge in [0.15, 0.2) is 0 Å². The molecule has 106 valence electrons. The number of carboxylic acid groups (broad SMARTS) is 1. The summed E-state index contributed by atoms with van der Waals surface area (Å²) in [5.41, 5.74) is 2.05. The van der Waals surface area contributed by atoms with Crippen molar-refractivity contribution in [3.8, 4) is 0 Å². The van der Waals surface area contributed by atoms with Crippen molar-refractivity contribution in [2.45, 2.75) is 19.9 Å². The zero-order chi connectivity index (χ0) is 14.7. The van der Waals surface area contributed by atoms with E-state index >= 15 is 0 Å². The van der Waals surface area contributed by atoms with Gasteiger partial charge in [-0.25, -0.2) is 0 Å². The number of carboxylic acids is 1. The standard InChI is InChI=1S/C15H16ClNO2S/c1-10-7-8-20-15(10)11(2)17(9-14(18)19)13-5-3-12(16)4-6-13/h3-8,11H,9H2,1-2H3,(H,18,19). The Morgan fingerprint density at radius 3 is 2.50 bits per heavy atom. The van der Waals surface area contributed by atoms with Crippen LogP contribution in [0.15, 0.2) is 35.7 Å². The summed E-state index contributed by atoms with van der Waals surface area (Å²) in [6, 6.07) is 9.32. The molecule has 0 spiro atoms. The molecule has 20 heavy (non-hydrogen) atoms. The highest BCUT2D eigenvalue weighted by atomic mass is 35.5. The molecule has 1 atom stereocenters. The van der Waals surface area contributed by atoms with Gasteiger partial charge >= 0.3 is 5.97 Å². The average molecular weight is 310 g/mol. The summed E-state index contributed by atoms with van der Waals surface area (Å²) in [6.07, 6.45) is 0. The van der Waals surface area contributed by atoms with Gasteiger partial charge in [-0.3, -0.25) is 4.79 Å². The second kappa shape index (κ2) is 6.29. The Kier molecular flexibility index (Phi) is 4.68. The first kappa shape index (κ1) is 14.9. The molecule has 2 rings (SSSR count). The molecule has 3 nitrogen and oxygen atoms in total. The molecular weight excluding hydrogens is 294 g/mol. The van der Waals surface area contributed by atoms with Crippen molar-refractivity contribution >= 4 is 34.6 Å². The van der Waals surface area contributed by atoms with Crippen LogP contribution in [0.1, 0.15) is 23.4 Å². The van der Waals surface area contributed by atoms with Gasteiger partial charge in [0, 0.05) is 15.6 Å². The third-order valence-electron chi connectivity index (χ3n) is 3.21. The topological polar surface area (TPSA) is 40.5 Å². The minimum absolute atomic E-state index is 0.00674. The predicted octanol–water partition coefficient (Wildman–Crippen LogP) is 4.36. The maximum absolute atomic E-state index is 11.1. The molecular formula is C15H16ClNO2S. The molecule has 0 radical (unpaired) electrons. The largest absolute Gasteiger partial charge is 0.480 e. The van der Waals surface area contributed by atoms with Crippen LogP contribution < -0.4 is 4.90 Å². The maximum atomic E-state index is 11.1. The molecule has 1 unspecified atom stereocenters. The summed E-state index contributed by atoms with van der Waals surface area (Å²) >= 11 is 7.54. The summed E-state index contributed by atoms with van der Waals surface area (Å²) in [4.78, 5) is 14.2. The highest BCUT2D eigenvalue weighted by molar-refractivity contribution is 7.10. The van der Waals surface area contributed by atoms with Gasteiger partial charge in [0.1, 0.15) is 6.54 Å². The molecule has 2 aromatic rings. The lowest BCUT2D eigenvalue weighted by molar-refractivity contribution is -0.135. The first-order valence-corrected chi connectivity index (χ1v) is 7.53. The zero-order valence-electron chi connectivity index (χ0n) is 11.3. The second-order valence-corrected chi connectivity index (χ2v) is 6.03. The molecule has 0 fully saturated rings. The number of carbonyl (C=O) groups is 1. The summed E-state index contributed by atoms with van der Waals surface area (Å²) in [5, 5.41) is 11.8. The van der Waals surface area contributed by atoms with Crippen LogP contribution in [-0.2, 0) is 4.79 Å². The third-order valence-corrected chi connectivity index (χ3v) is 4.65. The molecule has 5 heteroatoms. The highest BCUT2D eigenvalue weighted by Gasteiger charge is 2.21. The normalized spacial score (nSPS) is 12.2. The van der Waals surface area contributed by atoms with Gasteiger partial charge in [0.2, 0.25) is 0 Å². The number of hydrogen-bond acceptors (Lipinski definition) is 3. The summed E-state index contributed by atoms with van der Waals surface area (Å²) in [7, 11) is 0. The van der Waals surface area contributed by atoms with Crippen molar-refractivity contribution in [3.05, 3.63) is 51.2 Å². The van der Waals surface area contributed by atoms with E-state index in [4.69, 9.17) is 16.7 Å². The third kappa shape index (κ3) is 3.32. The van der Waals surface area contributed by atoms with Gasteiger partial charge in [-0.2, -0.15) is 0 Å². The Morgan fingerprint density at radius 2 is 2.00 bits per heavy atom. The Bertz CT molecular complexity index is 594. The van der Waals surface area contributed by atoms with Crippen LogP contribution in [0.3, 0.4) is 0 Å². The van der Waals surface area contributed by atoms with Crippen LogP contribution in [-0.4, -0.2) is 17.6 Å². The second-order valence-electron chi connectivity index (χ2n) is 4.64. The van der Waals surface area contributed by atoms with Crippen molar-refractivity contribution in [1.29, 1.82) is 0 Å². The van der Waals surface area contributed by atoms with Crippen LogP contribution in [0.25, 0.3) is 0 Å². The van der Waals surface area contributed by atoms with Crippen molar-refractivity contribution in [1.82, 2.24) is 0 Å². The zero-order valence-corrected chi connectivity index (χ0v) is 12.9. The Balaban J connectivity index is 2.34. The van der Waals surface area contributed by atoms with Crippen LogP contribution in [0, 0.1) is 6.92 Å². The SMILES string of the molecule is Cc1ccsc1C(C)N(CC(=O)O)c1ccc(Cl)cc1. The molecule has 1 aromatic heterocycles. The van der Waals surface area contributed by atoms with Gasteiger partial charge in [-0.15, -0.1) is 11.3 Å². The smallest absolute Gasteiger partial charge is 0.323 e. The van der Waals surface area contributed by atoms with Crippen LogP contribution in [0.5, 0.6) is 0 Å². The van der Waals surface area contributed by atoms with E-state index < -0.39 is 5.97 Å². The van der Waals surface area contributed by atoms with E-state index in [1.54, 1.807) is 23.5 Å². The van der Waals surface area contributed by atoms with Crippen LogP contribution in [0.2, 0.25) is 5.02 Å². The lowest BCUT2D eigenvalue weighted by atomic mass is 10.1. The van der Waals surface area contributed by atoms with Crippen LogP contribution >= 0.6 is 22.9 Å². The van der Waals surface area contributed by atoms with Crippen molar-refractivity contribution in [2.24, 2.45) is 0 Å². The lowest BCUT2D eigenvalue weighted by Gasteiger charge is -2.30. The first-order chi connectivity index (χ1) is 9.49. The first-order valence-electron chi connectivity index (χ1n) is 6.27. The van der Waals surface area contributed by atoms with Gasteiger partial charge in [0.05, 0.1) is 6.04 Å². The van der Waals surface area contributed by atoms with E-state index in [-0.39, 0.29) is 12.6 Å². The number of hydrogen-bond donors (Lipinski definition) is 1. The quantitative estimate of drug-likeness (QED) is 0.892. The number of rotatable bonds is 5. The fourth-order valence-electron chi connectivity index (χ4n) is 2.18. The summed E-state index contributed by atoms with van der Waals surface area (Å²) in [6.45, 7) is 4.03. The van der Waals surface area contributed by atoms with E-state index in [1.165, 1.54) is 10.4 Å². The number of benzene rings is 1. The van der Waals surface area contributed by atoms with E-state index in [9.17, 15) is 4.79 Å². The number of aryl methyl sites for hydroxylation is 1. The molecule has 0 aliphatic heterocycles. The number of thiophene rings is 1. The number of halogens is 1. The molecule has 0 aliphatic rings. The number of nitrogens with zero attached hydrogens (tertiary/aromatic N) is 1. The average Bonchev–Trinajstić information content (AvgIpc) is 2.82. The number of aliphatic carboxylic acids is 1. The summed E-state index contributed by atoms with van der Waals surface area (Å²) in [5.74, 6) is -0.846. The highest BCUT2D eigenvalue weighted by Crippen LogP contribution is 2.32. The predicted molar refractivity (Wildman–Crippen MR) is 83.9 cm³/mol. The maximum Gasteiger partial charge on any atom is 0.323 e. The minimum atomic E-state index is -0.846. The van der Waals surface area contributed by atoms with Crippen LogP contribution in [0.4, 0.5) is 5.69 Å². The fourth-order valence-corrected chi connectivity index (χ4v) is 3.31. The molecule has 1 heterocycles. The van der Waals surface area contributed by atoms with E-state index in [0.717, 1.165) is 5.69 Å².